The van der Waals surface area contributed by atoms with E-state index >= 15 is 0 Å². The minimum absolute atomic E-state index is 0.0191. The van der Waals surface area contributed by atoms with Gasteiger partial charge in [0, 0.05) is 6.42 Å². The van der Waals surface area contributed by atoms with Crippen LogP contribution in [0.1, 0.15) is 37.7 Å². The van der Waals surface area contributed by atoms with Crippen molar-refractivity contribution in [2.45, 2.75) is 45.1 Å². The molecule has 1 saturated carbocycles. The maximum atomic E-state index is 12.5. The zero-order valence-corrected chi connectivity index (χ0v) is 13.5. The summed E-state index contributed by atoms with van der Waals surface area (Å²) >= 11 is 0. The number of carbonyl (C=O) groups is 2. The molecule has 1 aliphatic heterocycles. The number of hydrogen-bond donors (Lipinski definition) is 1. The predicted octanol–water partition coefficient (Wildman–Crippen LogP) is 2.05. The van der Waals surface area contributed by atoms with E-state index in [9.17, 15) is 14.7 Å². The van der Waals surface area contributed by atoms with Gasteiger partial charge in [0.25, 0.3) is 0 Å². The summed E-state index contributed by atoms with van der Waals surface area (Å²) in [6.45, 7) is 2.07. The van der Waals surface area contributed by atoms with E-state index in [1.54, 1.807) is 0 Å². The highest BCUT2D eigenvalue weighted by Crippen LogP contribution is 2.46. The number of aryl methyl sites for hydroxylation is 1. The summed E-state index contributed by atoms with van der Waals surface area (Å²) in [5.74, 6) is 0.404. The van der Waals surface area contributed by atoms with E-state index < -0.39 is 11.5 Å². The third kappa shape index (κ3) is 3.24. The fraction of sp³-hybridized carbons (Fsp3) is 0.556. The van der Waals surface area contributed by atoms with Crippen LogP contribution in [0.3, 0.4) is 0 Å². The average molecular weight is 317 g/mol. The van der Waals surface area contributed by atoms with E-state index in [1.807, 2.05) is 31.2 Å². The number of hydrogen-bond acceptors (Lipinski definition) is 4. The van der Waals surface area contributed by atoms with Crippen LogP contribution in [-0.2, 0) is 9.59 Å². The Labute approximate surface area is 136 Å². The molecule has 0 bridgehead atoms. The van der Waals surface area contributed by atoms with Gasteiger partial charge in [-0.2, -0.15) is 0 Å². The number of amides is 2. The van der Waals surface area contributed by atoms with Crippen molar-refractivity contribution >= 4 is 11.8 Å². The van der Waals surface area contributed by atoms with E-state index in [1.165, 1.54) is 4.90 Å². The quantitative estimate of drug-likeness (QED) is 0.844. The Morgan fingerprint density at radius 2 is 1.87 bits per heavy atom. The molecule has 1 aromatic carbocycles. The number of likely N-dealkylation sites (tertiary alicyclic amines) is 1. The molecule has 1 unspecified atom stereocenters. The molecule has 1 atom stereocenters. The molecule has 0 radical (unpaired) electrons. The molecular formula is C18H23NO4. The summed E-state index contributed by atoms with van der Waals surface area (Å²) < 4.78 is 5.52. The first-order valence-corrected chi connectivity index (χ1v) is 8.22. The van der Waals surface area contributed by atoms with Crippen LogP contribution in [0.2, 0.25) is 0 Å². The predicted molar refractivity (Wildman–Crippen MR) is 84.9 cm³/mol. The van der Waals surface area contributed by atoms with Crippen LogP contribution in [-0.4, -0.2) is 41.1 Å². The lowest BCUT2D eigenvalue weighted by Gasteiger charge is -2.22. The molecule has 2 fully saturated rings. The van der Waals surface area contributed by atoms with Crippen LogP contribution >= 0.6 is 0 Å². The molecule has 1 aliphatic carbocycles. The summed E-state index contributed by atoms with van der Waals surface area (Å²) in [4.78, 5) is 25.9. The van der Waals surface area contributed by atoms with Crippen molar-refractivity contribution in [2.75, 3.05) is 13.2 Å². The van der Waals surface area contributed by atoms with Gasteiger partial charge in [-0.05, 0) is 31.9 Å². The van der Waals surface area contributed by atoms with Crippen molar-refractivity contribution in [3.63, 3.8) is 0 Å². The van der Waals surface area contributed by atoms with Crippen LogP contribution in [0, 0.1) is 12.3 Å². The maximum absolute atomic E-state index is 12.5. The van der Waals surface area contributed by atoms with Gasteiger partial charge in [-0.3, -0.25) is 14.5 Å². The van der Waals surface area contributed by atoms with Crippen molar-refractivity contribution < 1.29 is 19.4 Å². The van der Waals surface area contributed by atoms with Crippen molar-refractivity contribution in [1.29, 1.82) is 0 Å². The number of aliphatic hydroxyl groups is 1. The topological polar surface area (TPSA) is 66.8 Å². The molecule has 1 saturated heterocycles. The van der Waals surface area contributed by atoms with Crippen molar-refractivity contribution in [3.05, 3.63) is 29.8 Å². The molecule has 3 rings (SSSR count). The van der Waals surface area contributed by atoms with Crippen molar-refractivity contribution in [3.8, 4) is 5.75 Å². The van der Waals surface area contributed by atoms with Gasteiger partial charge >= 0.3 is 0 Å². The zero-order valence-electron chi connectivity index (χ0n) is 13.5. The first-order chi connectivity index (χ1) is 11.0. The largest absolute Gasteiger partial charge is 0.491 e. The van der Waals surface area contributed by atoms with Gasteiger partial charge in [-0.1, -0.05) is 30.5 Å². The lowest BCUT2D eigenvalue weighted by Crippen LogP contribution is -2.41. The van der Waals surface area contributed by atoms with Crippen molar-refractivity contribution in [1.82, 2.24) is 4.90 Å². The summed E-state index contributed by atoms with van der Waals surface area (Å²) in [7, 11) is 0. The van der Waals surface area contributed by atoms with E-state index in [-0.39, 0.29) is 25.0 Å². The lowest BCUT2D eigenvalue weighted by molar-refractivity contribution is -0.143. The van der Waals surface area contributed by atoms with E-state index in [4.69, 9.17) is 4.74 Å². The monoisotopic (exact) mass is 317 g/mol. The number of benzene rings is 1. The minimum Gasteiger partial charge on any atom is -0.491 e. The van der Waals surface area contributed by atoms with Crippen LogP contribution < -0.4 is 4.74 Å². The van der Waals surface area contributed by atoms with E-state index in [2.05, 4.69) is 0 Å². The summed E-state index contributed by atoms with van der Waals surface area (Å²) in [5, 5.41) is 10.1. The molecule has 1 N–H and O–H groups in total. The van der Waals surface area contributed by atoms with E-state index in [0.29, 0.717) is 12.2 Å². The number of ether oxygens (including phenoxy) is 1. The number of nitrogens with zero attached hydrogens (tertiary/aromatic N) is 1. The normalized spacial score (nSPS) is 21.2. The second-order valence-corrected chi connectivity index (χ2v) is 6.75. The minimum atomic E-state index is -0.874. The molecule has 5 heteroatoms. The highest BCUT2D eigenvalue weighted by atomic mass is 16.5. The van der Waals surface area contributed by atoms with Gasteiger partial charge in [-0.25, -0.2) is 0 Å². The molecule has 2 aliphatic rings. The number of carbonyl (C=O) groups excluding carboxylic acids is 2. The number of imide groups is 1. The fourth-order valence-electron chi connectivity index (χ4n) is 3.58. The Hall–Kier alpha value is -1.88. The van der Waals surface area contributed by atoms with Gasteiger partial charge in [0.2, 0.25) is 11.8 Å². The Balaban J connectivity index is 1.55. The van der Waals surface area contributed by atoms with Gasteiger partial charge in [0.05, 0.1) is 12.0 Å². The standard InChI is InChI=1S/C18H23NO4/c1-13-4-6-15(7-5-13)23-12-14(20)11-19-16(21)10-18(17(19)22)8-2-3-9-18/h4-7,14,20H,2-3,8-12H2,1H3. The summed E-state index contributed by atoms with van der Waals surface area (Å²) in [6, 6.07) is 7.53. The van der Waals surface area contributed by atoms with Gasteiger partial charge in [0.1, 0.15) is 18.5 Å². The smallest absolute Gasteiger partial charge is 0.235 e. The number of β-amino-alcohol motifs (C(OH)–C–C–N with tert-alkyl or cyclic N) is 1. The second-order valence-electron chi connectivity index (χ2n) is 6.75. The summed E-state index contributed by atoms with van der Waals surface area (Å²) in [5.41, 5.74) is 0.655. The molecule has 5 nitrogen and oxygen atoms in total. The lowest BCUT2D eigenvalue weighted by atomic mass is 9.84. The molecule has 1 aromatic rings. The molecule has 1 heterocycles. The first-order valence-electron chi connectivity index (χ1n) is 8.22. The Morgan fingerprint density at radius 3 is 2.52 bits per heavy atom. The van der Waals surface area contributed by atoms with Gasteiger partial charge in [0.15, 0.2) is 0 Å². The van der Waals surface area contributed by atoms with Crippen LogP contribution in [0.4, 0.5) is 0 Å². The zero-order chi connectivity index (χ0) is 16.4. The SMILES string of the molecule is Cc1ccc(OCC(O)CN2C(=O)CC3(CCCC3)C2=O)cc1. The number of rotatable bonds is 5. The molecule has 124 valence electrons. The Kier molecular flexibility index (Phi) is 4.39. The van der Waals surface area contributed by atoms with Crippen molar-refractivity contribution in [2.24, 2.45) is 5.41 Å². The third-order valence-electron chi connectivity index (χ3n) is 4.91. The third-order valence-corrected chi connectivity index (χ3v) is 4.91. The second kappa shape index (κ2) is 6.32. The van der Waals surface area contributed by atoms with Crippen LogP contribution in [0.15, 0.2) is 24.3 Å². The average Bonchev–Trinajstić information content (AvgIpc) is 3.08. The van der Waals surface area contributed by atoms with Gasteiger partial charge in [-0.15, -0.1) is 0 Å². The molecular weight excluding hydrogens is 294 g/mol. The molecule has 23 heavy (non-hydrogen) atoms. The number of aliphatic hydroxyl groups excluding tert-OH is 1. The Morgan fingerprint density at radius 1 is 1.22 bits per heavy atom. The molecule has 0 aromatic heterocycles. The van der Waals surface area contributed by atoms with Gasteiger partial charge < -0.3 is 9.84 Å². The summed E-state index contributed by atoms with van der Waals surface area (Å²) in [6.07, 6.45) is 3.03. The first kappa shape index (κ1) is 16.0. The highest BCUT2D eigenvalue weighted by molar-refractivity contribution is 6.06. The van der Waals surface area contributed by atoms with Crippen LogP contribution in [0.5, 0.6) is 5.75 Å². The highest BCUT2D eigenvalue weighted by Gasteiger charge is 2.52. The fourth-order valence-corrected chi connectivity index (χ4v) is 3.58. The Bertz CT molecular complexity index is 590. The maximum Gasteiger partial charge on any atom is 0.235 e. The molecule has 2 amide bonds. The molecule has 1 spiro atoms. The van der Waals surface area contributed by atoms with E-state index in [0.717, 1.165) is 31.2 Å². The van der Waals surface area contributed by atoms with Crippen LogP contribution in [0.25, 0.3) is 0 Å².